The van der Waals surface area contributed by atoms with Crippen molar-refractivity contribution in [3.8, 4) is 6.07 Å². The third-order valence-corrected chi connectivity index (χ3v) is 4.85. The van der Waals surface area contributed by atoms with E-state index in [9.17, 15) is 10.1 Å². The smallest absolute Gasteiger partial charge is 0.244 e. The SMILES string of the molecule is Cc1nc2cc(NC(=O)Cn3cnc4cccc(C#N)c43)ccc2n1C(C)(C)C. The van der Waals surface area contributed by atoms with Gasteiger partial charge < -0.3 is 14.5 Å². The van der Waals surface area contributed by atoms with Crippen LogP contribution in [0.1, 0.15) is 32.2 Å². The monoisotopic (exact) mass is 386 g/mol. The number of hydrogen-bond acceptors (Lipinski definition) is 4. The van der Waals surface area contributed by atoms with Gasteiger partial charge in [0.1, 0.15) is 18.4 Å². The van der Waals surface area contributed by atoms with Gasteiger partial charge in [-0.05, 0) is 58.0 Å². The normalized spacial score (nSPS) is 11.7. The van der Waals surface area contributed by atoms with E-state index in [2.05, 4.69) is 46.7 Å². The number of carbonyl (C=O) groups is 1. The highest BCUT2D eigenvalue weighted by Crippen LogP contribution is 2.27. The minimum Gasteiger partial charge on any atom is -0.324 e. The molecule has 2 aromatic heterocycles. The number of para-hydroxylation sites is 1. The van der Waals surface area contributed by atoms with E-state index in [-0.39, 0.29) is 18.0 Å². The summed E-state index contributed by atoms with van der Waals surface area (Å²) in [6, 6.07) is 13.2. The molecule has 0 saturated carbocycles. The van der Waals surface area contributed by atoms with Crippen LogP contribution in [0.3, 0.4) is 0 Å². The minimum absolute atomic E-state index is 0.0721. The molecule has 0 fully saturated rings. The van der Waals surface area contributed by atoms with Crippen molar-refractivity contribution >= 4 is 33.7 Å². The molecular weight excluding hydrogens is 364 g/mol. The lowest BCUT2D eigenvalue weighted by Gasteiger charge is -2.23. The number of rotatable bonds is 3. The summed E-state index contributed by atoms with van der Waals surface area (Å²) in [7, 11) is 0. The minimum atomic E-state index is -0.191. The van der Waals surface area contributed by atoms with E-state index in [4.69, 9.17) is 0 Å². The average Bonchev–Trinajstić information content (AvgIpc) is 3.20. The Morgan fingerprint density at radius 2 is 2.00 bits per heavy atom. The molecule has 0 aliphatic rings. The highest BCUT2D eigenvalue weighted by Gasteiger charge is 2.19. The zero-order valence-corrected chi connectivity index (χ0v) is 16.9. The van der Waals surface area contributed by atoms with Gasteiger partial charge in [0, 0.05) is 11.2 Å². The highest BCUT2D eigenvalue weighted by atomic mass is 16.1. The van der Waals surface area contributed by atoms with Crippen molar-refractivity contribution in [3.63, 3.8) is 0 Å². The summed E-state index contributed by atoms with van der Waals surface area (Å²) in [4.78, 5) is 21.6. The zero-order valence-electron chi connectivity index (χ0n) is 16.9. The molecule has 0 aliphatic carbocycles. The fraction of sp³-hybridized carbons (Fsp3) is 0.273. The van der Waals surface area contributed by atoms with Crippen molar-refractivity contribution in [1.29, 1.82) is 5.26 Å². The summed E-state index contributed by atoms with van der Waals surface area (Å²) in [6.45, 7) is 8.48. The van der Waals surface area contributed by atoms with Gasteiger partial charge in [-0.1, -0.05) is 6.07 Å². The van der Waals surface area contributed by atoms with Crippen molar-refractivity contribution < 1.29 is 4.79 Å². The van der Waals surface area contributed by atoms with Gasteiger partial charge >= 0.3 is 0 Å². The van der Waals surface area contributed by atoms with Crippen molar-refractivity contribution in [3.05, 3.63) is 54.1 Å². The van der Waals surface area contributed by atoms with Crippen LogP contribution in [-0.4, -0.2) is 25.0 Å². The van der Waals surface area contributed by atoms with Crippen molar-refractivity contribution in [2.75, 3.05) is 5.32 Å². The van der Waals surface area contributed by atoms with Gasteiger partial charge in [-0.15, -0.1) is 0 Å². The maximum Gasteiger partial charge on any atom is 0.244 e. The molecule has 0 unspecified atom stereocenters. The van der Waals surface area contributed by atoms with Crippen LogP contribution in [0, 0.1) is 18.3 Å². The predicted octanol–water partition coefficient (Wildman–Crippen LogP) is 3.96. The van der Waals surface area contributed by atoms with Gasteiger partial charge in [-0.25, -0.2) is 9.97 Å². The Balaban J connectivity index is 1.60. The molecule has 0 aliphatic heterocycles. The molecule has 0 saturated heterocycles. The third kappa shape index (κ3) is 3.34. The number of imidazole rings is 2. The number of carbonyl (C=O) groups excluding carboxylic acids is 1. The van der Waals surface area contributed by atoms with Gasteiger partial charge in [-0.2, -0.15) is 5.26 Å². The predicted molar refractivity (Wildman–Crippen MR) is 113 cm³/mol. The van der Waals surface area contributed by atoms with E-state index in [1.54, 1.807) is 23.0 Å². The Hall–Kier alpha value is -3.66. The Kier molecular flexibility index (Phi) is 4.35. The fourth-order valence-electron chi connectivity index (χ4n) is 3.82. The van der Waals surface area contributed by atoms with Crippen LogP contribution in [-0.2, 0) is 16.9 Å². The Morgan fingerprint density at radius 1 is 1.21 bits per heavy atom. The first-order valence-electron chi connectivity index (χ1n) is 9.41. The molecule has 4 rings (SSSR count). The standard InChI is InChI=1S/C22H22N6O/c1-14-25-18-10-16(8-9-19(18)28(14)22(2,3)4)26-20(29)12-27-13-24-17-7-5-6-15(11-23)21(17)27/h5-10,13H,12H2,1-4H3,(H,26,29). The van der Waals surface area contributed by atoms with Gasteiger partial charge in [-0.3, -0.25) is 4.79 Å². The highest BCUT2D eigenvalue weighted by molar-refractivity contribution is 5.94. The topological polar surface area (TPSA) is 88.5 Å². The molecule has 7 heteroatoms. The molecule has 0 atom stereocenters. The number of fused-ring (bicyclic) bond motifs is 2. The van der Waals surface area contributed by atoms with Crippen LogP contribution >= 0.6 is 0 Å². The summed E-state index contributed by atoms with van der Waals surface area (Å²) < 4.78 is 3.88. The summed E-state index contributed by atoms with van der Waals surface area (Å²) in [5.41, 5.74) is 4.34. The molecule has 7 nitrogen and oxygen atoms in total. The molecule has 29 heavy (non-hydrogen) atoms. The van der Waals surface area contributed by atoms with Gasteiger partial charge in [0.2, 0.25) is 5.91 Å². The maximum absolute atomic E-state index is 12.6. The second-order valence-electron chi connectivity index (χ2n) is 8.07. The lowest BCUT2D eigenvalue weighted by molar-refractivity contribution is -0.116. The molecule has 4 aromatic rings. The lowest BCUT2D eigenvalue weighted by atomic mass is 10.1. The van der Waals surface area contributed by atoms with E-state index >= 15 is 0 Å². The molecular formula is C22H22N6O. The van der Waals surface area contributed by atoms with Crippen molar-refractivity contribution in [1.82, 2.24) is 19.1 Å². The van der Waals surface area contributed by atoms with Crippen molar-refractivity contribution in [2.45, 2.75) is 39.8 Å². The first-order chi connectivity index (χ1) is 13.8. The van der Waals surface area contributed by atoms with E-state index in [1.165, 1.54) is 0 Å². The molecule has 2 heterocycles. The third-order valence-electron chi connectivity index (χ3n) is 4.85. The van der Waals surface area contributed by atoms with Crippen LogP contribution in [0.5, 0.6) is 0 Å². The molecule has 0 spiro atoms. The lowest BCUT2D eigenvalue weighted by Crippen LogP contribution is -2.22. The summed E-state index contributed by atoms with van der Waals surface area (Å²) in [5, 5.41) is 12.3. The summed E-state index contributed by atoms with van der Waals surface area (Å²) in [5.74, 6) is 0.744. The molecule has 2 aromatic carbocycles. The number of nitrogens with one attached hydrogen (secondary N) is 1. The molecule has 146 valence electrons. The number of anilines is 1. The Labute approximate surface area is 168 Å². The van der Waals surface area contributed by atoms with Crippen molar-refractivity contribution in [2.24, 2.45) is 0 Å². The molecule has 1 amide bonds. The molecule has 0 radical (unpaired) electrons. The summed E-state index contributed by atoms with van der Waals surface area (Å²) >= 11 is 0. The van der Waals surface area contributed by atoms with E-state index in [0.29, 0.717) is 22.3 Å². The van der Waals surface area contributed by atoms with Crippen LogP contribution in [0.25, 0.3) is 22.1 Å². The molecule has 0 bridgehead atoms. The number of nitrogens with zero attached hydrogens (tertiary/aromatic N) is 5. The van der Waals surface area contributed by atoms with E-state index < -0.39 is 0 Å². The van der Waals surface area contributed by atoms with Gasteiger partial charge in [0.15, 0.2) is 0 Å². The van der Waals surface area contributed by atoms with E-state index in [1.807, 2.05) is 31.2 Å². The second-order valence-corrected chi connectivity index (χ2v) is 8.07. The largest absolute Gasteiger partial charge is 0.324 e. The summed E-state index contributed by atoms with van der Waals surface area (Å²) in [6.07, 6.45) is 1.59. The Morgan fingerprint density at radius 3 is 2.72 bits per heavy atom. The maximum atomic E-state index is 12.6. The van der Waals surface area contributed by atoms with E-state index in [0.717, 1.165) is 16.9 Å². The number of benzene rings is 2. The van der Waals surface area contributed by atoms with Gasteiger partial charge in [0.05, 0.1) is 34.0 Å². The van der Waals surface area contributed by atoms with Crippen LogP contribution in [0.2, 0.25) is 0 Å². The molecule has 1 N–H and O–H groups in total. The second kappa shape index (κ2) is 6.74. The average molecular weight is 386 g/mol. The van der Waals surface area contributed by atoms with Crippen LogP contribution in [0.4, 0.5) is 5.69 Å². The fourth-order valence-corrected chi connectivity index (χ4v) is 3.82. The number of hydrogen-bond donors (Lipinski definition) is 1. The van der Waals surface area contributed by atoms with Crippen LogP contribution < -0.4 is 5.32 Å². The number of aromatic nitrogens is 4. The number of aryl methyl sites for hydroxylation is 1. The van der Waals surface area contributed by atoms with Gasteiger partial charge in [0.25, 0.3) is 0 Å². The zero-order chi connectivity index (χ0) is 20.8. The quantitative estimate of drug-likeness (QED) is 0.577. The number of amides is 1. The first-order valence-corrected chi connectivity index (χ1v) is 9.41. The van der Waals surface area contributed by atoms with Crippen LogP contribution in [0.15, 0.2) is 42.7 Å². The number of nitriles is 1. The first kappa shape index (κ1) is 18.7. The Bertz CT molecular complexity index is 1280.